The van der Waals surface area contributed by atoms with Gasteiger partial charge in [-0.3, -0.25) is 0 Å². The Labute approximate surface area is 134 Å². The zero-order valence-corrected chi connectivity index (χ0v) is 13.7. The first kappa shape index (κ1) is 14.4. The summed E-state index contributed by atoms with van der Waals surface area (Å²) in [5.74, 6) is 0.778. The molecule has 2 aromatic rings. The van der Waals surface area contributed by atoms with Gasteiger partial charge in [-0.05, 0) is 58.4 Å². The molecule has 120 valence electrons. The van der Waals surface area contributed by atoms with E-state index < -0.39 is 0 Å². The topological polar surface area (TPSA) is 69.9 Å². The maximum atomic E-state index is 12.5. The third-order valence-electron chi connectivity index (χ3n) is 4.65. The standard InChI is InChI=1S/C17H20N4O2/c1-10-8-11(2)19-16(18-10)21-9-14(12(3)20-21)15(22)23-17(6-7-17)13-4-5-13/h8-9,13H,4-7H2,1-3H3. The average molecular weight is 312 g/mol. The van der Waals surface area contributed by atoms with Crippen molar-refractivity contribution in [2.24, 2.45) is 5.92 Å². The number of nitrogens with zero attached hydrogens (tertiary/aromatic N) is 4. The summed E-state index contributed by atoms with van der Waals surface area (Å²) in [5.41, 5.74) is 2.71. The van der Waals surface area contributed by atoms with Crippen molar-refractivity contribution in [2.75, 3.05) is 0 Å². The first-order valence-corrected chi connectivity index (χ1v) is 8.09. The molecular formula is C17H20N4O2. The Morgan fingerprint density at radius 1 is 1.22 bits per heavy atom. The number of carbonyl (C=O) groups is 1. The van der Waals surface area contributed by atoms with Crippen molar-refractivity contribution in [1.29, 1.82) is 0 Å². The van der Waals surface area contributed by atoms with Gasteiger partial charge in [-0.25, -0.2) is 19.4 Å². The molecule has 0 saturated heterocycles. The molecule has 2 aromatic heterocycles. The maximum absolute atomic E-state index is 12.5. The van der Waals surface area contributed by atoms with Crippen LogP contribution >= 0.6 is 0 Å². The summed E-state index contributed by atoms with van der Waals surface area (Å²) in [6.07, 6.45) is 6.03. The van der Waals surface area contributed by atoms with Gasteiger partial charge in [0.05, 0.1) is 5.69 Å². The monoisotopic (exact) mass is 312 g/mol. The molecule has 2 aliphatic rings. The summed E-state index contributed by atoms with van der Waals surface area (Å²) in [4.78, 5) is 21.3. The van der Waals surface area contributed by atoms with E-state index in [0.717, 1.165) is 24.2 Å². The molecule has 0 N–H and O–H groups in total. The summed E-state index contributed by atoms with van der Waals surface area (Å²) in [5, 5.41) is 4.39. The normalized spacial score (nSPS) is 18.7. The number of hydrogen-bond donors (Lipinski definition) is 0. The number of ether oxygens (including phenoxy) is 1. The summed E-state index contributed by atoms with van der Waals surface area (Å²) in [6, 6.07) is 1.90. The second kappa shape index (κ2) is 4.88. The zero-order chi connectivity index (χ0) is 16.2. The van der Waals surface area contributed by atoms with Gasteiger partial charge in [-0.1, -0.05) is 0 Å². The Hall–Kier alpha value is -2.24. The van der Waals surface area contributed by atoms with Crippen molar-refractivity contribution in [3.8, 4) is 5.95 Å². The van der Waals surface area contributed by atoms with E-state index in [-0.39, 0.29) is 11.6 Å². The van der Waals surface area contributed by atoms with E-state index in [1.54, 1.807) is 10.9 Å². The largest absolute Gasteiger partial charge is 0.455 e. The highest BCUT2D eigenvalue weighted by Gasteiger charge is 2.57. The quantitative estimate of drug-likeness (QED) is 0.812. The Bertz CT molecular complexity index is 768. The molecule has 2 heterocycles. The number of esters is 1. The Kier molecular flexibility index (Phi) is 3.04. The van der Waals surface area contributed by atoms with Crippen LogP contribution in [0.25, 0.3) is 5.95 Å². The van der Waals surface area contributed by atoms with Gasteiger partial charge >= 0.3 is 5.97 Å². The number of rotatable bonds is 4. The van der Waals surface area contributed by atoms with Gasteiger partial charge in [0.25, 0.3) is 5.95 Å². The Morgan fingerprint density at radius 3 is 2.43 bits per heavy atom. The highest BCUT2D eigenvalue weighted by atomic mass is 16.6. The fraction of sp³-hybridized carbons (Fsp3) is 0.529. The molecule has 2 saturated carbocycles. The van der Waals surface area contributed by atoms with Crippen LogP contribution in [0.15, 0.2) is 12.3 Å². The fourth-order valence-corrected chi connectivity index (χ4v) is 3.14. The van der Waals surface area contributed by atoms with Crippen LogP contribution in [0.3, 0.4) is 0 Å². The first-order chi connectivity index (χ1) is 11.0. The lowest BCUT2D eigenvalue weighted by Crippen LogP contribution is -2.22. The Morgan fingerprint density at radius 2 is 1.87 bits per heavy atom. The molecule has 0 bridgehead atoms. The van der Waals surface area contributed by atoms with E-state index >= 15 is 0 Å². The van der Waals surface area contributed by atoms with Crippen molar-refractivity contribution in [3.05, 3.63) is 34.9 Å². The highest BCUT2D eigenvalue weighted by Crippen LogP contribution is 2.56. The van der Waals surface area contributed by atoms with Crippen LogP contribution in [0.5, 0.6) is 0 Å². The molecule has 0 atom stereocenters. The smallest absolute Gasteiger partial charge is 0.342 e. The molecular weight excluding hydrogens is 292 g/mol. The molecule has 0 unspecified atom stereocenters. The van der Waals surface area contributed by atoms with Crippen molar-refractivity contribution in [1.82, 2.24) is 19.7 Å². The maximum Gasteiger partial charge on any atom is 0.342 e. The molecule has 23 heavy (non-hydrogen) atoms. The average Bonchev–Trinajstić information content (AvgIpc) is 3.36. The van der Waals surface area contributed by atoms with Gasteiger partial charge in [0, 0.05) is 17.6 Å². The van der Waals surface area contributed by atoms with Crippen LogP contribution in [0.2, 0.25) is 0 Å². The number of aryl methyl sites for hydroxylation is 3. The third kappa shape index (κ3) is 2.62. The number of aromatic nitrogens is 4. The van der Waals surface area contributed by atoms with Crippen LogP contribution in [-0.4, -0.2) is 31.3 Å². The molecule has 6 heteroatoms. The van der Waals surface area contributed by atoms with Gasteiger partial charge in [-0.2, -0.15) is 5.10 Å². The number of hydrogen-bond acceptors (Lipinski definition) is 5. The van der Waals surface area contributed by atoms with Gasteiger partial charge in [0.15, 0.2) is 0 Å². The lowest BCUT2D eigenvalue weighted by Gasteiger charge is -2.15. The lowest BCUT2D eigenvalue weighted by atomic mass is 10.2. The van der Waals surface area contributed by atoms with Crippen LogP contribution in [0.4, 0.5) is 0 Å². The molecule has 2 fully saturated rings. The molecule has 2 aliphatic carbocycles. The minimum absolute atomic E-state index is 0.179. The molecule has 0 amide bonds. The second-order valence-electron chi connectivity index (χ2n) is 6.75. The van der Waals surface area contributed by atoms with Gasteiger partial charge in [0.1, 0.15) is 11.2 Å². The molecule has 4 rings (SSSR count). The van der Waals surface area contributed by atoms with Crippen molar-refractivity contribution >= 4 is 5.97 Å². The van der Waals surface area contributed by atoms with Crippen LogP contribution in [0, 0.1) is 26.7 Å². The van der Waals surface area contributed by atoms with Gasteiger partial charge in [-0.15, -0.1) is 0 Å². The minimum atomic E-state index is -0.275. The Balaban J connectivity index is 1.60. The molecule has 0 aromatic carbocycles. The van der Waals surface area contributed by atoms with Gasteiger partial charge < -0.3 is 4.74 Å². The van der Waals surface area contributed by atoms with E-state index in [4.69, 9.17) is 4.74 Å². The fourth-order valence-electron chi connectivity index (χ4n) is 3.14. The van der Waals surface area contributed by atoms with E-state index in [0.29, 0.717) is 23.1 Å². The summed E-state index contributed by atoms with van der Waals surface area (Å²) in [6.45, 7) is 5.64. The molecule has 0 aliphatic heterocycles. The predicted molar refractivity (Wildman–Crippen MR) is 83.5 cm³/mol. The SMILES string of the molecule is Cc1cc(C)nc(-n2cc(C(=O)OC3(C4CC4)CC3)c(C)n2)n1. The summed E-state index contributed by atoms with van der Waals surface area (Å²) >= 11 is 0. The summed E-state index contributed by atoms with van der Waals surface area (Å²) < 4.78 is 7.36. The van der Waals surface area contributed by atoms with Crippen LogP contribution in [-0.2, 0) is 4.74 Å². The van der Waals surface area contributed by atoms with Crippen molar-refractivity contribution < 1.29 is 9.53 Å². The van der Waals surface area contributed by atoms with E-state index in [1.807, 2.05) is 26.8 Å². The first-order valence-electron chi connectivity index (χ1n) is 8.09. The minimum Gasteiger partial charge on any atom is -0.455 e. The lowest BCUT2D eigenvalue weighted by molar-refractivity contribution is 0.0159. The highest BCUT2D eigenvalue weighted by molar-refractivity contribution is 5.90. The number of carbonyl (C=O) groups excluding carboxylic acids is 1. The molecule has 6 nitrogen and oxygen atoms in total. The second-order valence-corrected chi connectivity index (χ2v) is 6.75. The molecule has 0 radical (unpaired) electrons. The third-order valence-corrected chi connectivity index (χ3v) is 4.65. The van der Waals surface area contributed by atoms with E-state index in [1.165, 1.54) is 12.8 Å². The van der Waals surface area contributed by atoms with Crippen molar-refractivity contribution in [3.63, 3.8) is 0 Å². The van der Waals surface area contributed by atoms with Crippen LogP contribution < -0.4 is 0 Å². The van der Waals surface area contributed by atoms with Crippen LogP contribution in [0.1, 0.15) is 53.1 Å². The zero-order valence-electron chi connectivity index (χ0n) is 13.7. The summed E-state index contributed by atoms with van der Waals surface area (Å²) in [7, 11) is 0. The predicted octanol–water partition coefficient (Wildman–Crippen LogP) is 2.69. The van der Waals surface area contributed by atoms with E-state index in [2.05, 4.69) is 15.1 Å². The van der Waals surface area contributed by atoms with Gasteiger partial charge in [0.2, 0.25) is 0 Å². The van der Waals surface area contributed by atoms with Crippen molar-refractivity contribution in [2.45, 2.75) is 52.1 Å². The van der Waals surface area contributed by atoms with E-state index in [9.17, 15) is 4.79 Å². The molecule has 0 spiro atoms.